The smallest absolute Gasteiger partial charge is 0.272 e. The van der Waals surface area contributed by atoms with Gasteiger partial charge in [0.1, 0.15) is 11.6 Å². The second kappa shape index (κ2) is 4.60. The van der Waals surface area contributed by atoms with E-state index in [2.05, 4.69) is 20.5 Å². The highest BCUT2D eigenvalue weighted by atomic mass is 16.1. The van der Waals surface area contributed by atoms with Crippen molar-refractivity contribution in [3.63, 3.8) is 0 Å². The lowest BCUT2D eigenvalue weighted by Crippen LogP contribution is -2.25. The molecular weight excluding hydrogens is 220 g/mol. The predicted octanol–water partition coefficient (Wildman–Crippen LogP) is -0.278. The molecule has 0 saturated heterocycles. The van der Waals surface area contributed by atoms with Gasteiger partial charge in [0.25, 0.3) is 5.91 Å². The lowest BCUT2D eigenvalue weighted by molar-refractivity contribution is 0.0943. The van der Waals surface area contributed by atoms with Crippen LogP contribution in [0.2, 0.25) is 0 Å². The van der Waals surface area contributed by atoms with Gasteiger partial charge in [0.05, 0.1) is 6.54 Å². The van der Waals surface area contributed by atoms with E-state index in [-0.39, 0.29) is 17.4 Å². The summed E-state index contributed by atoms with van der Waals surface area (Å²) in [6.45, 7) is 0.342. The van der Waals surface area contributed by atoms with Crippen LogP contribution in [-0.4, -0.2) is 25.7 Å². The molecule has 0 aliphatic heterocycles. The molecule has 88 valence electrons. The van der Waals surface area contributed by atoms with Crippen LogP contribution in [0.4, 0.5) is 5.82 Å². The molecule has 2 rings (SSSR count). The largest absolute Gasteiger partial charge is 0.382 e. The van der Waals surface area contributed by atoms with Crippen LogP contribution in [-0.2, 0) is 13.6 Å². The van der Waals surface area contributed by atoms with Crippen molar-refractivity contribution in [3.05, 3.63) is 36.0 Å². The molecule has 0 unspecified atom stereocenters. The number of imidazole rings is 1. The molecule has 0 aliphatic rings. The number of nitrogens with zero attached hydrogens (tertiary/aromatic N) is 4. The molecule has 2 heterocycles. The monoisotopic (exact) mass is 232 g/mol. The molecule has 2 aromatic rings. The van der Waals surface area contributed by atoms with Crippen molar-refractivity contribution >= 4 is 11.7 Å². The SMILES string of the molecule is Cn1ccnc1CNC(=O)c1ccc(N)nn1. The number of rotatable bonds is 3. The minimum absolute atomic E-state index is 0.230. The van der Waals surface area contributed by atoms with Crippen LogP contribution in [0.25, 0.3) is 0 Å². The molecule has 0 radical (unpaired) electrons. The van der Waals surface area contributed by atoms with Gasteiger partial charge in [-0.3, -0.25) is 4.79 Å². The summed E-state index contributed by atoms with van der Waals surface area (Å²) in [5.41, 5.74) is 5.61. The van der Waals surface area contributed by atoms with Gasteiger partial charge in [0, 0.05) is 19.4 Å². The Balaban J connectivity index is 1.98. The van der Waals surface area contributed by atoms with Gasteiger partial charge in [-0.15, -0.1) is 10.2 Å². The summed E-state index contributed by atoms with van der Waals surface area (Å²) < 4.78 is 1.83. The third-order valence-electron chi connectivity index (χ3n) is 2.25. The molecule has 17 heavy (non-hydrogen) atoms. The van der Waals surface area contributed by atoms with Crippen LogP contribution < -0.4 is 11.1 Å². The van der Waals surface area contributed by atoms with E-state index in [4.69, 9.17) is 5.73 Å². The van der Waals surface area contributed by atoms with Gasteiger partial charge in [0.2, 0.25) is 0 Å². The first kappa shape index (κ1) is 11.1. The van der Waals surface area contributed by atoms with Gasteiger partial charge in [-0.25, -0.2) is 4.98 Å². The summed E-state index contributed by atoms with van der Waals surface area (Å²) in [6.07, 6.45) is 3.48. The van der Waals surface area contributed by atoms with Gasteiger partial charge in [-0.2, -0.15) is 0 Å². The Labute approximate surface area is 97.7 Å². The van der Waals surface area contributed by atoms with E-state index in [0.717, 1.165) is 5.82 Å². The second-order valence-electron chi connectivity index (χ2n) is 3.48. The number of aromatic nitrogens is 4. The molecule has 0 saturated carbocycles. The number of amides is 1. The van der Waals surface area contributed by atoms with Crippen molar-refractivity contribution in [2.75, 3.05) is 5.73 Å². The standard InChI is InChI=1S/C10H12N6O/c1-16-5-4-12-9(16)6-13-10(17)7-2-3-8(11)15-14-7/h2-5H,6H2,1H3,(H2,11,15)(H,13,17). The zero-order valence-electron chi connectivity index (χ0n) is 9.29. The summed E-state index contributed by atoms with van der Waals surface area (Å²) >= 11 is 0. The van der Waals surface area contributed by atoms with Crippen LogP contribution in [0.1, 0.15) is 16.3 Å². The van der Waals surface area contributed by atoms with Gasteiger partial charge in [-0.05, 0) is 12.1 Å². The van der Waals surface area contributed by atoms with Crippen LogP contribution in [0.5, 0.6) is 0 Å². The number of nitrogens with one attached hydrogen (secondary N) is 1. The number of nitrogen functional groups attached to an aromatic ring is 1. The molecule has 1 amide bonds. The summed E-state index contributed by atoms with van der Waals surface area (Å²) in [7, 11) is 1.86. The molecule has 7 nitrogen and oxygen atoms in total. The maximum Gasteiger partial charge on any atom is 0.272 e. The molecule has 7 heteroatoms. The molecule has 2 aromatic heterocycles. The van der Waals surface area contributed by atoms with Crippen molar-refractivity contribution in [2.24, 2.45) is 7.05 Å². The Morgan fingerprint density at radius 3 is 2.88 bits per heavy atom. The first-order valence-corrected chi connectivity index (χ1v) is 5.00. The zero-order chi connectivity index (χ0) is 12.3. The normalized spacial score (nSPS) is 10.2. The van der Waals surface area contributed by atoms with Gasteiger partial charge >= 0.3 is 0 Å². The molecule has 0 bridgehead atoms. The Hall–Kier alpha value is -2.44. The lowest BCUT2D eigenvalue weighted by atomic mass is 10.3. The molecule has 0 atom stereocenters. The topological polar surface area (TPSA) is 98.7 Å². The Kier molecular flexibility index (Phi) is 2.99. The van der Waals surface area contributed by atoms with E-state index < -0.39 is 0 Å². The lowest BCUT2D eigenvalue weighted by Gasteiger charge is -2.04. The third kappa shape index (κ3) is 2.57. The van der Waals surface area contributed by atoms with Gasteiger partial charge < -0.3 is 15.6 Å². The van der Waals surface area contributed by atoms with E-state index in [1.807, 2.05) is 17.8 Å². The zero-order valence-corrected chi connectivity index (χ0v) is 9.29. The van der Waals surface area contributed by atoms with Crippen molar-refractivity contribution in [3.8, 4) is 0 Å². The number of carbonyl (C=O) groups excluding carboxylic acids is 1. The van der Waals surface area contributed by atoms with Crippen LogP contribution in [0.3, 0.4) is 0 Å². The van der Waals surface area contributed by atoms with E-state index in [1.54, 1.807) is 6.20 Å². The van der Waals surface area contributed by atoms with Gasteiger partial charge in [0.15, 0.2) is 5.69 Å². The molecule has 0 fully saturated rings. The fourth-order valence-corrected chi connectivity index (χ4v) is 1.28. The number of nitrogens with two attached hydrogens (primary N) is 1. The Bertz CT molecular complexity index is 518. The highest BCUT2D eigenvalue weighted by molar-refractivity contribution is 5.92. The molecule has 0 aliphatic carbocycles. The summed E-state index contributed by atoms with van der Waals surface area (Å²) in [4.78, 5) is 15.8. The number of aryl methyl sites for hydroxylation is 1. The van der Waals surface area contributed by atoms with Crippen molar-refractivity contribution in [2.45, 2.75) is 6.54 Å². The first-order chi connectivity index (χ1) is 8.16. The minimum atomic E-state index is -0.305. The van der Waals surface area contributed by atoms with E-state index in [1.165, 1.54) is 12.1 Å². The number of anilines is 1. The summed E-state index contributed by atoms with van der Waals surface area (Å²) in [6, 6.07) is 3.05. The highest BCUT2D eigenvalue weighted by Crippen LogP contribution is 1.98. The summed E-state index contributed by atoms with van der Waals surface area (Å²) in [5, 5.41) is 9.99. The Morgan fingerprint density at radius 2 is 2.29 bits per heavy atom. The fourth-order valence-electron chi connectivity index (χ4n) is 1.28. The van der Waals surface area contributed by atoms with Crippen LogP contribution in [0, 0.1) is 0 Å². The van der Waals surface area contributed by atoms with Crippen LogP contribution in [0.15, 0.2) is 24.5 Å². The molecular formula is C10H12N6O. The maximum atomic E-state index is 11.7. The molecule has 0 spiro atoms. The number of carbonyl (C=O) groups is 1. The predicted molar refractivity (Wildman–Crippen MR) is 60.8 cm³/mol. The second-order valence-corrected chi connectivity index (χ2v) is 3.48. The molecule has 0 aromatic carbocycles. The number of hydrogen-bond acceptors (Lipinski definition) is 5. The average molecular weight is 232 g/mol. The maximum absolute atomic E-state index is 11.7. The minimum Gasteiger partial charge on any atom is -0.382 e. The van der Waals surface area contributed by atoms with E-state index >= 15 is 0 Å². The van der Waals surface area contributed by atoms with Crippen molar-refractivity contribution in [1.29, 1.82) is 0 Å². The summed E-state index contributed by atoms with van der Waals surface area (Å²) in [5.74, 6) is 0.743. The van der Waals surface area contributed by atoms with Gasteiger partial charge in [-0.1, -0.05) is 0 Å². The quantitative estimate of drug-likeness (QED) is 0.758. The third-order valence-corrected chi connectivity index (χ3v) is 2.25. The van der Waals surface area contributed by atoms with E-state index in [0.29, 0.717) is 6.54 Å². The Morgan fingerprint density at radius 1 is 1.47 bits per heavy atom. The first-order valence-electron chi connectivity index (χ1n) is 5.00. The van der Waals surface area contributed by atoms with E-state index in [9.17, 15) is 4.79 Å². The van der Waals surface area contributed by atoms with Crippen molar-refractivity contribution < 1.29 is 4.79 Å². The number of hydrogen-bond donors (Lipinski definition) is 2. The average Bonchev–Trinajstić information content (AvgIpc) is 2.73. The fraction of sp³-hybridized carbons (Fsp3) is 0.200. The highest BCUT2D eigenvalue weighted by Gasteiger charge is 2.08. The molecule has 3 N–H and O–H groups in total. The van der Waals surface area contributed by atoms with Crippen molar-refractivity contribution in [1.82, 2.24) is 25.1 Å². The van der Waals surface area contributed by atoms with Crippen LogP contribution >= 0.6 is 0 Å².